The highest BCUT2D eigenvalue weighted by atomic mass is 16.5. The van der Waals surface area contributed by atoms with Gasteiger partial charge in [-0.25, -0.2) is 9.90 Å². The molecule has 0 unspecified atom stereocenters. The van der Waals surface area contributed by atoms with Crippen LogP contribution in [0.4, 0.5) is 0 Å². The molecule has 0 spiro atoms. The lowest BCUT2D eigenvalue weighted by atomic mass is 10.5. The second kappa shape index (κ2) is 3.66. The SMILES string of the molecule is CC(=O)OC(C)=CC([O])=O. The number of hydrogen-bond donors (Lipinski definition) is 0. The summed E-state index contributed by atoms with van der Waals surface area (Å²) >= 11 is 0. The smallest absolute Gasteiger partial charge is 0.382 e. The Bertz CT molecular complexity index is 180. The molecule has 0 N–H and O–H groups in total. The number of hydrogen-bond acceptors (Lipinski definition) is 3. The molecule has 0 fully saturated rings. The fourth-order valence-corrected chi connectivity index (χ4v) is 0.422. The van der Waals surface area contributed by atoms with E-state index in [9.17, 15) is 14.7 Å². The second-order valence-electron chi connectivity index (χ2n) is 1.67. The first-order chi connectivity index (χ1) is 4.52. The van der Waals surface area contributed by atoms with Crippen molar-refractivity contribution in [2.24, 2.45) is 0 Å². The molecule has 0 heterocycles. The van der Waals surface area contributed by atoms with Gasteiger partial charge < -0.3 is 4.74 Å². The second-order valence-corrected chi connectivity index (χ2v) is 1.67. The van der Waals surface area contributed by atoms with Gasteiger partial charge in [-0.3, -0.25) is 4.79 Å². The van der Waals surface area contributed by atoms with Crippen molar-refractivity contribution in [3.63, 3.8) is 0 Å². The molecule has 0 bridgehead atoms. The average molecular weight is 143 g/mol. The van der Waals surface area contributed by atoms with Crippen LogP contribution in [-0.2, 0) is 19.4 Å². The van der Waals surface area contributed by atoms with Gasteiger partial charge in [0.05, 0.1) is 6.08 Å². The number of ether oxygens (including phenoxy) is 1. The molecule has 0 saturated heterocycles. The molecule has 0 aliphatic rings. The maximum Gasteiger partial charge on any atom is 0.382 e. The number of rotatable bonds is 2. The molecule has 1 radical (unpaired) electrons. The highest BCUT2D eigenvalue weighted by Crippen LogP contribution is 1.94. The molecule has 4 nitrogen and oxygen atoms in total. The van der Waals surface area contributed by atoms with Gasteiger partial charge in [-0.1, -0.05) is 0 Å². The molecular formula is C6H7O4. The molecule has 55 valence electrons. The summed E-state index contributed by atoms with van der Waals surface area (Å²) in [6.45, 7) is 2.55. The minimum Gasteiger partial charge on any atom is -0.431 e. The van der Waals surface area contributed by atoms with Crippen LogP contribution in [0, 0.1) is 0 Å². The van der Waals surface area contributed by atoms with Gasteiger partial charge in [0.2, 0.25) is 0 Å². The Morgan fingerprint density at radius 3 is 2.10 bits per heavy atom. The Balaban J connectivity index is 3.95. The van der Waals surface area contributed by atoms with Crippen LogP contribution in [0.1, 0.15) is 13.8 Å². The summed E-state index contributed by atoms with van der Waals surface area (Å²) < 4.78 is 4.36. The lowest BCUT2D eigenvalue weighted by Gasteiger charge is -1.96. The summed E-state index contributed by atoms with van der Waals surface area (Å²) in [4.78, 5) is 20.0. The van der Waals surface area contributed by atoms with Gasteiger partial charge in [0.25, 0.3) is 0 Å². The van der Waals surface area contributed by atoms with Crippen molar-refractivity contribution in [1.29, 1.82) is 0 Å². The molecule has 10 heavy (non-hydrogen) atoms. The molecule has 0 aromatic carbocycles. The van der Waals surface area contributed by atoms with Gasteiger partial charge in [-0.15, -0.1) is 0 Å². The van der Waals surface area contributed by atoms with E-state index in [1.54, 1.807) is 0 Å². The zero-order valence-corrected chi connectivity index (χ0v) is 5.71. The molecule has 0 aliphatic heterocycles. The maximum absolute atomic E-state index is 10.2. The van der Waals surface area contributed by atoms with Crippen LogP contribution in [0.15, 0.2) is 11.8 Å². The molecule has 0 rings (SSSR count). The minimum absolute atomic E-state index is 0.0208. The first-order valence-electron chi connectivity index (χ1n) is 2.60. The summed E-state index contributed by atoms with van der Waals surface area (Å²) in [7, 11) is 0. The summed E-state index contributed by atoms with van der Waals surface area (Å²) in [5.74, 6) is -1.90. The van der Waals surface area contributed by atoms with Gasteiger partial charge >= 0.3 is 11.9 Å². The van der Waals surface area contributed by atoms with E-state index < -0.39 is 11.9 Å². The summed E-state index contributed by atoms with van der Waals surface area (Å²) in [6.07, 6.45) is 0.710. The van der Waals surface area contributed by atoms with Crippen molar-refractivity contribution in [3.8, 4) is 0 Å². The van der Waals surface area contributed by atoms with Crippen LogP contribution < -0.4 is 0 Å². The Morgan fingerprint density at radius 1 is 1.30 bits per heavy atom. The molecular weight excluding hydrogens is 136 g/mol. The standard InChI is InChI=1S/C6H7O4/c1-4(3-6(8)9)10-5(2)7/h3H,1-2H3. The topological polar surface area (TPSA) is 63.3 Å². The zero-order chi connectivity index (χ0) is 8.15. The molecule has 0 aromatic rings. The number of allylic oxidation sites excluding steroid dienone is 1. The molecule has 0 saturated carbocycles. The van der Waals surface area contributed by atoms with Crippen molar-refractivity contribution < 1.29 is 19.4 Å². The van der Waals surface area contributed by atoms with Crippen LogP contribution in [0.3, 0.4) is 0 Å². The fourth-order valence-electron chi connectivity index (χ4n) is 0.422. The van der Waals surface area contributed by atoms with E-state index >= 15 is 0 Å². The third-order valence-corrected chi connectivity index (χ3v) is 0.626. The highest BCUT2D eigenvalue weighted by Gasteiger charge is 1.98. The van der Waals surface area contributed by atoms with Crippen molar-refractivity contribution in [3.05, 3.63) is 11.8 Å². The predicted octanol–water partition coefficient (Wildman–Crippen LogP) is 0.410. The van der Waals surface area contributed by atoms with E-state index in [-0.39, 0.29) is 5.76 Å². The molecule has 0 aliphatic carbocycles. The van der Waals surface area contributed by atoms with E-state index in [1.807, 2.05) is 0 Å². The summed E-state index contributed by atoms with van der Waals surface area (Å²) in [6, 6.07) is 0. The fraction of sp³-hybridized carbons (Fsp3) is 0.333. The van der Waals surface area contributed by atoms with E-state index in [1.165, 1.54) is 13.8 Å². The van der Waals surface area contributed by atoms with E-state index in [0.29, 0.717) is 6.08 Å². The first-order valence-corrected chi connectivity index (χ1v) is 2.60. The lowest BCUT2D eigenvalue weighted by Crippen LogP contribution is -1.98. The van der Waals surface area contributed by atoms with Crippen LogP contribution in [0.5, 0.6) is 0 Å². The largest absolute Gasteiger partial charge is 0.431 e. The van der Waals surface area contributed by atoms with Crippen LogP contribution in [-0.4, -0.2) is 11.9 Å². The zero-order valence-electron chi connectivity index (χ0n) is 5.71. The van der Waals surface area contributed by atoms with Crippen molar-refractivity contribution in [1.82, 2.24) is 0 Å². The third-order valence-electron chi connectivity index (χ3n) is 0.626. The van der Waals surface area contributed by atoms with Crippen LogP contribution >= 0.6 is 0 Å². The van der Waals surface area contributed by atoms with E-state index in [4.69, 9.17) is 0 Å². The van der Waals surface area contributed by atoms with Gasteiger partial charge in [-0.2, -0.15) is 0 Å². The Labute approximate surface area is 58.1 Å². The minimum atomic E-state index is -1.38. The monoisotopic (exact) mass is 143 g/mol. The molecule has 0 aromatic heterocycles. The first kappa shape index (κ1) is 8.68. The number of esters is 1. The Morgan fingerprint density at radius 2 is 1.80 bits per heavy atom. The normalized spacial score (nSPS) is 10.8. The van der Waals surface area contributed by atoms with Crippen molar-refractivity contribution >= 4 is 11.9 Å². The molecule has 0 amide bonds. The van der Waals surface area contributed by atoms with Crippen molar-refractivity contribution in [2.45, 2.75) is 13.8 Å². The van der Waals surface area contributed by atoms with Gasteiger partial charge in [0.15, 0.2) is 0 Å². The lowest BCUT2D eigenvalue weighted by molar-refractivity contribution is -0.138. The average Bonchev–Trinajstić information content (AvgIpc) is 1.58. The third kappa shape index (κ3) is 4.83. The van der Waals surface area contributed by atoms with Crippen LogP contribution in [0.25, 0.3) is 0 Å². The van der Waals surface area contributed by atoms with E-state index in [0.717, 1.165) is 0 Å². The predicted molar refractivity (Wildman–Crippen MR) is 31.2 cm³/mol. The van der Waals surface area contributed by atoms with Gasteiger partial charge in [0.1, 0.15) is 5.76 Å². The summed E-state index contributed by atoms with van der Waals surface area (Å²) in [5, 5.41) is 9.81. The number of carbonyl (C=O) groups is 2. The molecule has 4 heteroatoms. The maximum atomic E-state index is 10.2. The summed E-state index contributed by atoms with van der Waals surface area (Å²) in [5.41, 5.74) is 0. The molecule has 0 atom stereocenters. The van der Waals surface area contributed by atoms with Crippen molar-refractivity contribution in [2.75, 3.05) is 0 Å². The van der Waals surface area contributed by atoms with E-state index in [2.05, 4.69) is 4.74 Å². The van der Waals surface area contributed by atoms with Gasteiger partial charge in [-0.05, 0) is 6.92 Å². The highest BCUT2D eigenvalue weighted by molar-refractivity contribution is 5.80. The number of carbonyl (C=O) groups excluding carboxylic acids is 2. The quantitative estimate of drug-likeness (QED) is 0.319. The van der Waals surface area contributed by atoms with Gasteiger partial charge in [0, 0.05) is 6.92 Å². The Hall–Kier alpha value is -1.32. The van der Waals surface area contributed by atoms with Crippen LogP contribution in [0.2, 0.25) is 0 Å². The Kier molecular flexibility index (Phi) is 3.17.